The molecule has 4 heterocycles. The smallest absolute Gasteiger partial charge is 0.339 e. The van der Waals surface area contributed by atoms with Crippen molar-refractivity contribution in [1.29, 1.82) is 0 Å². The van der Waals surface area contributed by atoms with Crippen LogP contribution in [0.2, 0.25) is 0 Å². The maximum absolute atomic E-state index is 13.5. The first-order valence-corrected chi connectivity index (χ1v) is 11.5. The van der Waals surface area contributed by atoms with Gasteiger partial charge < -0.3 is 25.4 Å². The summed E-state index contributed by atoms with van der Waals surface area (Å²) in [4.78, 5) is 32.3. The number of thiophene rings is 1. The fraction of sp³-hybridized carbons (Fsp3) is 0.304. The van der Waals surface area contributed by atoms with Crippen molar-refractivity contribution in [2.24, 2.45) is 5.73 Å². The normalized spacial score (nSPS) is 18.4. The van der Waals surface area contributed by atoms with Crippen molar-refractivity contribution in [2.75, 3.05) is 27.3 Å². The number of esters is 1. The summed E-state index contributed by atoms with van der Waals surface area (Å²) in [5.74, 6) is -0.0182. The second-order valence-corrected chi connectivity index (χ2v) is 9.20. The number of aromatic nitrogens is 3. The molecule has 176 valence electrons. The van der Waals surface area contributed by atoms with E-state index in [9.17, 15) is 9.59 Å². The standard InChI is InChI=1S/C23H24N6O4S/c1-12-6-13-9-17(34-20(13)16(7-12)32-2)19-21(24)28(5-4-25-19)22(30)18-15-8-14(23(31)33-3)10-29(15)27-11-26-18/h6-11,19,21,25H,4-5,24H2,1-3H3. The monoisotopic (exact) mass is 480 g/mol. The third-order valence-electron chi connectivity index (χ3n) is 5.98. The number of piperazine rings is 1. The van der Waals surface area contributed by atoms with E-state index in [1.807, 2.05) is 13.0 Å². The maximum atomic E-state index is 13.5. The molecule has 11 heteroatoms. The van der Waals surface area contributed by atoms with E-state index in [1.165, 1.54) is 24.1 Å². The molecule has 1 aliphatic heterocycles. The second-order valence-electron chi connectivity index (χ2n) is 8.11. The van der Waals surface area contributed by atoms with Crippen LogP contribution in [0.1, 0.15) is 37.3 Å². The molecule has 1 aromatic carbocycles. The van der Waals surface area contributed by atoms with E-state index in [0.717, 1.165) is 26.3 Å². The van der Waals surface area contributed by atoms with Crippen molar-refractivity contribution in [3.63, 3.8) is 0 Å². The van der Waals surface area contributed by atoms with Crippen LogP contribution in [0.15, 0.2) is 36.8 Å². The summed E-state index contributed by atoms with van der Waals surface area (Å²) < 4.78 is 12.8. The minimum atomic E-state index is -0.619. The number of ether oxygens (including phenoxy) is 2. The van der Waals surface area contributed by atoms with Crippen molar-refractivity contribution in [3.05, 3.63) is 58.5 Å². The van der Waals surface area contributed by atoms with E-state index in [0.29, 0.717) is 18.6 Å². The first kappa shape index (κ1) is 22.3. The zero-order chi connectivity index (χ0) is 24.0. The number of nitrogens with zero attached hydrogens (tertiary/aromatic N) is 4. The van der Waals surface area contributed by atoms with Gasteiger partial charge in [0.25, 0.3) is 5.91 Å². The van der Waals surface area contributed by atoms with Gasteiger partial charge in [0.15, 0.2) is 5.69 Å². The summed E-state index contributed by atoms with van der Waals surface area (Å²) >= 11 is 1.60. The number of hydrogen-bond donors (Lipinski definition) is 2. The first-order valence-electron chi connectivity index (χ1n) is 10.7. The third-order valence-corrected chi connectivity index (χ3v) is 7.23. The SMILES string of the molecule is COC(=O)c1cc2c(C(=O)N3CCNC(c4cc5cc(C)cc(OC)c5s4)C3N)ncnn2c1. The summed E-state index contributed by atoms with van der Waals surface area (Å²) in [5.41, 5.74) is 8.61. The van der Waals surface area contributed by atoms with Crippen LogP contribution < -0.4 is 15.8 Å². The van der Waals surface area contributed by atoms with Crippen LogP contribution in [-0.2, 0) is 4.74 Å². The molecule has 10 nitrogen and oxygen atoms in total. The minimum Gasteiger partial charge on any atom is -0.495 e. The number of fused-ring (bicyclic) bond motifs is 2. The number of amides is 1. The molecule has 0 spiro atoms. The second kappa shape index (κ2) is 8.67. The zero-order valence-corrected chi connectivity index (χ0v) is 19.8. The van der Waals surface area contributed by atoms with E-state index in [-0.39, 0.29) is 23.2 Å². The predicted octanol–water partition coefficient (Wildman–Crippen LogP) is 2.12. The predicted molar refractivity (Wildman–Crippen MR) is 127 cm³/mol. The Balaban J connectivity index is 1.48. The maximum Gasteiger partial charge on any atom is 0.339 e. The molecule has 3 N–H and O–H groups in total. The molecular weight excluding hydrogens is 456 g/mol. The molecule has 0 aliphatic carbocycles. The first-order chi connectivity index (χ1) is 16.4. The summed E-state index contributed by atoms with van der Waals surface area (Å²) in [5, 5.41) is 8.64. The molecular formula is C23H24N6O4S. The highest BCUT2D eigenvalue weighted by molar-refractivity contribution is 7.19. The number of carbonyl (C=O) groups excluding carboxylic acids is 2. The number of rotatable bonds is 4. The van der Waals surface area contributed by atoms with E-state index < -0.39 is 12.1 Å². The molecule has 0 radical (unpaired) electrons. The van der Waals surface area contributed by atoms with Gasteiger partial charge in [-0.25, -0.2) is 14.3 Å². The Morgan fingerprint density at radius 2 is 2.06 bits per heavy atom. The quantitative estimate of drug-likeness (QED) is 0.426. The van der Waals surface area contributed by atoms with Gasteiger partial charge in [0, 0.05) is 24.2 Å². The van der Waals surface area contributed by atoms with Crippen molar-refractivity contribution in [3.8, 4) is 5.75 Å². The molecule has 1 amide bonds. The fourth-order valence-corrected chi connectivity index (χ4v) is 5.59. The van der Waals surface area contributed by atoms with Gasteiger partial charge in [0.05, 0.1) is 36.0 Å². The van der Waals surface area contributed by atoms with Crippen LogP contribution in [0.25, 0.3) is 15.6 Å². The molecule has 4 aromatic rings. The Hall–Kier alpha value is -3.54. The van der Waals surface area contributed by atoms with Crippen LogP contribution in [0.4, 0.5) is 0 Å². The van der Waals surface area contributed by atoms with Crippen LogP contribution >= 0.6 is 11.3 Å². The highest BCUT2D eigenvalue weighted by Crippen LogP contribution is 2.38. The molecule has 1 aliphatic rings. The summed E-state index contributed by atoms with van der Waals surface area (Å²) in [6.45, 7) is 3.02. The Kier molecular flexibility index (Phi) is 5.68. The average molecular weight is 481 g/mol. The molecule has 5 rings (SSSR count). The van der Waals surface area contributed by atoms with Crippen LogP contribution in [0.3, 0.4) is 0 Å². The number of carbonyl (C=O) groups is 2. The van der Waals surface area contributed by atoms with E-state index in [2.05, 4.69) is 27.5 Å². The van der Waals surface area contributed by atoms with E-state index in [1.54, 1.807) is 29.4 Å². The number of aryl methyl sites for hydroxylation is 1. The Morgan fingerprint density at radius 1 is 1.24 bits per heavy atom. The molecule has 1 saturated heterocycles. The largest absolute Gasteiger partial charge is 0.495 e. The fourth-order valence-electron chi connectivity index (χ4n) is 4.35. The lowest BCUT2D eigenvalue weighted by Gasteiger charge is -2.39. The van der Waals surface area contributed by atoms with Crippen molar-refractivity contribution >= 4 is 38.8 Å². The molecule has 3 aromatic heterocycles. The van der Waals surface area contributed by atoms with Gasteiger partial charge in [0.1, 0.15) is 18.2 Å². The highest BCUT2D eigenvalue weighted by Gasteiger charge is 2.35. The Morgan fingerprint density at radius 3 is 2.82 bits per heavy atom. The average Bonchev–Trinajstić information content (AvgIpc) is 3.47. The Bertz CT molecular complexity index is 1410. The number of methoxy groups -OCH3 is 2. The molecule has 1 fully saturated rings. The molecule has 0 bridgehead atoms. The molecule has 34 heavy (non-hydrogen) atoms. The van der Waals surface area contributed by atoms with Crippen molar-refractivity contribution in [1.82, 2.24) is 24.8 Å². The topological polar surface area (TPSA) is 124 Å². The van der Waals surface area contributed by atoms with Crippen LogP contribution in [-0.4, -0.2) is 64.8 Å². The number of nitrogens with two attached hydrogens (primary N) is 1. The minimum absolute atomic E-state index is 0.176. The van der Waals surface area contributed by atoms with Crippen LogP contribution in [0, 0.1) is 6.92 Å². The lowest BCUT2D eigenvalue weighted by Crippen LogP contribution is -2.59. The number of nitrogens with one attached hydrogen (secondary N) is 1. The van der Waals surface area contributed by atoms with Gasteiger partial charge in [0.2, 0.25) is 0 Å². The lowest BCUT2D eigenvalue weighted by molar-refractivity contribution is 0.0567. The number of benzene rings is 1. The van der Waals surface area contributed by atoms with Gasteiger partial charge in [-0.1, -0.05) is 6.07 Å². The zero-order valence-electron chi connectivity index (χ0n) is 18.9. The highest BCUT2D eigenvalue weighted by atomic mass is 32.1. The third kappa shape index (κ3) is 3.67. The Labute approximate surface area is 199 Å². The van der Waals surface area contributed by atoms with E-state index >= 15 is 0 Å². The summed E-state index contributed by atoms with van der Waals surface area (Å²) in [6.07, 6.45) is 2.17. The van der Waals surface area contributed by atoms with E-state index in [4.69, 9.17) is 15.2 Å². The number of hydrogen-bond acceptors (Lipinski definition) is 9. The van der Waals surface area contributed by atoms with Crippen molar-refractivity contribution in [2.45, 2.75) is 19.1 Å². The van der Waals surface area contributed by atoms with Gasteiger partial charge in [-0.3, -0.25) is 4.79 Å². The molecule has 2 atom stereocenters. The lowest BCUT2D eigenvalue weighted by atomic mass is 10.1. The van der Waals surface area contributed by atoms with Gasteiger partial charge in [-0.2, -0.15) is 5.10 Å². The van der Waals surface area contributed by atoms with Gasteiger partial charge >= 0.3 is 5.97 Å². The summed E-state index contributed by atoms with van der Waals surface area (Å²) in [6, 6.07) is 7.51. The summed E-state index contributed by atoms with van der Waals surface area (Å²) in [7, 11) is 2.96. The van der Waals surface area contributed by atoms with Crippen molar-refractivity contribution < 1.29 is 19.1 Å². The van der Waals surface area contributed by atoms with Crippen LogP contribution in [0.5, 0.6) is 5.75 Å². The molecule has 0 saturated carbocycles. The molecule has 2 unspecified atom stereocenters. The van der Waals surface area contributed by atoms with Gasteiger partial charge in [-0.05, 0) is 36.1 Å². The van der Waals surface area contributed by atoms with Gasteiger partial charge in [-0.15, -0.1) is 11.3 Å².